The van der Waals surface area contributed by atoms with Crippen molar-refractivity contribution in [3.05, 3.63) is 89.6 Å². The molecule has 0 aliphatic carbocycles. The molecule has 256 valence electrons. The fourth-order valence-electron chi connectivity index (χ4n) is 6.04. The summed E-state index contributed by atoms with van der Waals surface area (Å²) in [6.45, 7) is 15.2. The fourth-order valence-corrected chi connectivity index (χ4v) is 6.04. The van der Waals surface area contributed by atoms with Crippen LogP contribution in [0.4, 0.5) is 15.9 Å². The Morgan fingerprint density at radius 2 is 1.77 bits per heavy atom. The second kappa shape index (κ2) is 14.8. The first-order chi connectivity index (χ1) is 22.8. The molecule has 2 aromatic carbocycles. The van der Waals surface area contributed by atoms with E-state index in [2.05, 4.69) is 29.2 Å². The van der Waals surface area contributed by atoms with Gasteiger partial charge < -0.3 is 24.8 Å². The summed E-state index contributed by atoms with van der Waals surface area (Å²) in [4.78, 5) is 20.3. The molecule has 1 aliphatic heterocycles. The van der Waals surface area contributed by atoms with Crippen molar-refractivity contribution >= 4 is 17.5 Å². The van der Waals surface area contributed by atoms with Gasteiger partial charge in [0.2, 0.25) is 0 Å². The van der Waals surface area contributed by atoms with Crippen LogP contribution >= 0.6 is 0 Å². The van der Waals surface area contributed by atoms with Crippen molar-refractivity contribution in [3.8, 4) is 16.9 Å². The number of carbonyl (C=O) groups is 1. The Labute approximate surface area is 283 Å². The number of nitrogens with one attached hydrogen (secondary N) is 1. The van der Waals surface area contributed by atoms with E-state index < -0.39 is 17.7 Å². The van der Waals surface area contributed by atoms with Crippen LogP contribution in [0.1, 0.15) is 70.4 Å². The van der Waals surface area contributed by atoms with Gasteiger partial charge in [0.1, 0.15) is 17.4 Å². The van der Waals surface area contributed by atoms with Crippen LogP contribution in [0.5, 0.6) is 5.75 Å². The van der Waals surface area contributed by atoms with Gasteiger partial charge in [-0.25, -0.2) is 14.2 Å². The van der Waals surface area contributed by atoms with E-state index in [-0.39, 0.29) is 11.2 Å². The number of halogens is 1. The normalized spacial score (nSPS) is 15.3. The summed E-state index contributed by atoms with van der Waals surface area (Å²) in [5.41, 5.74) is 4.21. The fraction of sp³-hybridized carbons (Fsp3) is 0.447. The number of aromatic nitrogens is 3. The number of carboxylic acids is 1. The van der Waals surface area contributed by atoms with Gasteiger partial charge >= 0.3 is 5.97 Å². The van der Waals surface area contributed by atoms with Crippen LogP contribution in [0.25, 0.3) is 11.1 Å². The number of aliphatic carboxylic acids is 1. The molecule has 2 N–H and O–H groups in total. The third kappa shape index (κ3) is 8.92. The molecule has 2 aromatic heterocycles. The lowest BCUT2D eigenvalue weighted by Gasteiger charge is -2.41. The molecule has 48 heavy (non-hydrogen) atoms. The summed E-state index contributed by atoms with van der Waals surface area (Å²) in [7, 11) is 0. The minimum Gasteiger partial charge on any atom is -0.493 e. The molecule has 5 rings (SSSR count). The van der Waals surface area contributed by atoms with Crippen molar-refractivity contribution < 1.29 is 23.8 Å². The van der Waals surface area contributed by atoms with Crippen LogP contribution in [0.3, 0.4) is 0 Å². The van der Waals surface area contributed by atoms with Crippen LogP contribution in [0.2, 0.25) is 0 Å². The molecular formula is C38H48FN5O4. The SMILES string of the molecule is Cc1nc(NCCn2cccn2)c(-c2ccc(OCCc3ccc(F)cc3)cc2)c(N2CCC(C)(C)CC2)c1[C@H](OC(C)(C)C)C(=O)O. The first kappa shape index (κ1) is 34.9. The number of rotatable bonds is 13. The topological polar surface area (TPSA) is 102 Å². The maximum atomic E-state index is 13.3. The van der Waals surface area contributed by atoms with E-state index in [1.54, 1.807) is 18.3 Å². The van der Waals surface area contributed by atoms with E-state index in [0.717, 1.165) is 48.3 Å². The molecule has 0 radical (unpaired) electrons. The third-order valence-electron chi connectivity index (χ3n) is 8.70. The summed E-state index contributed by atoms with van der Waals surface area (Å²) in [6.07, 6.45) is 5.04. The van der Waals surface area contributed by atoms with E-state index >= 15 is 0 Å². The van der Waals surface area contributed by atoms with Crippen LogP contribution in [-0.2, 0) is 22.5 Å². The Balaban J connectivity index is 1.56. The lowest BCUT2D eigenvalue weighted by molar-refractivity contribution is -0.160. The number of ether oxygens (including phenoxy) is 2. The van der Waals surface area contributed by atoms with Gasteiger partial charge in [-0.15, -0.1) is 0 Å². The van der Waals surface area contributed by atoms with Crippen molar-refractivity contribution in [1.82, 2.24) is 14.8 Å². The van der Waals surface area contributed by atoms with Crippen molar-refractivity contribution in [3.63, 3.8) is 0 Å². The Bertz CT molecular complexity index is 1660. The molecule has 0 spiro atoms. The standard InChI is InChI=1S/C38H48FN5O4/c1-26-31(34(36(45)46)48-37(2,3)4)33(43-22-17-38(5,6)18-23-43)32(35(42-26)40-20-24-44-21-7-19-41-44)28-10-14-30(15-11-28)47-25-16-27-8-12-29(39)13-9-27/h7-15,19,21,34H,16-18,20,22-25H2,1-6H3,(H,40,42)(H,45,46)/t34-/m0/s1. The molecule has 1 fully saturated rings. The van der Waals surface area contributed by atoms with E-state index in [1.165, 1.54) is 12.1 Å². The van der Waals surface area contributed by atoms with Gasteiger partial charge in [-0.3, -0.25) is 4.68 Å². The van der Waals surface area contributed by atoms with Crippen LogP contribution in [-0.4, -0.2) is 57.7 Å². The number of hydrogen-bond donors (Lipinski definition) is 2. The van der Waals surface area contributed by atoms with Crippen LogP contribution < -0.4 is 15.0 Å². The van der Waals surface area contributed by atoms with E-state index in [4.69, 9.17) is 14.5 Å². The Morgan fingerprint density at radius 1 is 1.08 bits per heavy atom. The van der Waals surface area contributed by atoms with Gasteiger partial charge in [0.05, 0.1) is 24.4 Å². The summed E-state index contributed by atoms with van der Waals surface area (Å²) >= 11 is 0. The Hall–Kier alpha value is -4.44. The van der Waals surface area contributed by atoms with Crippen molar-refractivity contribution in [2.45, 2.75) is 79.1 Å². The zero-order valence-corrected chi connectivity index (χ0v) is 28.9. The molecule has 10 heteroatoms. The predicted octanol–water partition coefficient (Wildman–Crippen LogP) is 7.69. The Kier molecular flexibility index (Phi) is 10.7. The molecule has 0 saturated carbocycles. The maximum absolute atomic E-state index is 13.3. The molecule has 1 aliphatic rings. The van der Waals surface area contributed by atoms with Gasteiger partial charge in [-0.1, -0.05) is 38.1 Å². The highest BCUT2D eigenvalue weighted by atomic mass is 19.1. The molecule has 3 heterocycles. The molecule has 0 amide bonds. The highest BCUT2D eigenvalue weighted by molar-refractivity contribution is 5.92. The maximum Gasteiger partial charge on any atom is 0.337 e. The smallest absolute Gasteiger partial charge is 0.337 e. The van der Waals surface area contributed by atoms with Gasteiger partial charge in [-0.05, 0) is 87.4 Å². The van der Waals surface area contributed by atoms with E-state index in [1.807, 2.05) is 68.9 Å². The lowest BCUT2D eigenvalue weighted by atomic mass is 9.82. The van der Waals surface area contributed by atoms with Gasteiger partial charge in [0, 0.05) is 55.3 Å². The second-order valence-electron chi connectivity index (χ2n) is 14.2. The van der Waals surface area contributed by atoms with Gasteiger partial charge in [0.25, 0.3) is 0 Å². The predicted molar refractivity (Wildman–Crippen MR) is 187 cm³/mol. The quantitative estimate of drug-likeness (QED) is 0.151. The van der Waals surface area contributed by atoms with Crippen molar-refractivity contribution in [1.29, 1.82) is 0 Å². The number of nitrogens with zero attached hydrogens (tertiary/aromatic N) is 4. The number of pyridine rings is 1. The van der Waals surface area contributed by atoms with E-state index in [9.17, 15) is 14.3 Å². The molecule has 0 bridgehead atoms. The molecule has 1 atom stereocenters. The average molecular weight is 658 g/mol. The lowest BCUT2D eigenvalue weighted by Crippen LogP contribution is -2.39. The number of anilines is 2. The van der Waals surface area contributed by atoms with Gasteiger partial charge in [0.15, 0.2) is 6.10 Å². The number of piperidine rings is 1. The summed E-state index contributed by atoms with van der Waals surface area (Å²) in [5, 5.41) is 18.5. The molecule has 9 nitrogen and oxygen atoms in total. The first-order valence-corrected chi connectivity index (χ1v) is 16.7. The first-order valence-electron chi connectivity index (χ1n) is 16.7. The average Bonchev–Trinajstić information content (AvgIpc) is 3.55. The van der Waals surface area contributed by atoms with Gasteiger partial charge in [-0.2, -0.15) is 5.10 Å². The zero-order valence-electron chi connectivity index (χ0n) is 28.9. The van der Waals surface area contributed by atoms with Crippen molar-refractivity contribution in [2.75, 3.05) is 36.5 Å². The number of carboxylic acid groups (broad SMARTS) is 1. The summed E-state index contributed by atoms with van der Waals surface area (Å²) < 4.78 is 27.5. The van der Waals surface area contributed by atoms with Crippen molar-refractivity contribution in [2.24, 2.45) is 5.41 Å². The summed E-state index contributed by atoms with van der Waals surface area (Å²) in [5.74, 6) is 0.0680. The molecule has 4 aromatic rings. The minimum absolute atomic E-state index is 0.185. The minimum atomic E-state index is -1.21. The number of benzene rings is 2. The van der Waals surface area contributed by atoms with Crippen LogP contribution in [0, 0.1) is 18.2 Å². The number of hydrogen-bond acceptors (Lipinski definition) is 7. The Morgan fingerprint density at radius 3 is 2.38 bits per heavy atom. The molecule has 0 unspecified atom stereocenters. The largest absolute Gasteiger partial charge is 0.493 e. The van der Waals surface area contributed by atoms with E-state index in [0.29, 0.717) is 48.9 Å². The monoisotopic (exact) mass is 657 g/mol. The molecule has 1 saturated heterocycles. The number of aryl methyl sites for hydroxylation is 1. The van der Waals surface area contributed by atoms with Crippen LogP contribution in [0.15, 0.2) is 67.0 Å². The molecular weight excluding hydrogens is 609 g/mol. The zero-order chi connectivity index (χ0) is 34.5. The highest BCUT2D eigenvalue weighted by Crippen LogP contribution is 2.46. The highest BCUT2D eigenvalue weighted by Gasteiger charge is 2.37. The third-order valence-corrected chi connectivity index (χ3v) is 8.70. The summed E-state index contributed by atoms with van der Waals surface area (Å²) in [6, 6.07) is 16.2. The second-order valence-corrected chi connectivity index (χ2v) is 14.2.